The highest BCUT2D eigenvalue weighted by atomic mass is 32.1. The van der Waals surface area contributed by atoms with E-state index in [1.165, 1.54) is 6.92 Å². The summed E-state index contributed by atoms with van der Waals surface area (Å²) in [5.41, 5.74) is 2.91. The molecule has 0 bridgehead atoms. The van der Waals surface area contributed by atoms with Gasteiger partial charge < -0.3 is 25.1 Å². The van der Waals surface area contributed by atoms with Crippen LogP contribution in [-0.2, 0) is 4.79 Å². The second-order valence-corrected chi connectivity index (χ2v) is 8.66. The highest BCUT2D eigenvalue weighted by Gasteiger charge is 2.42. The number of hydrogen-bond donors (Lipinski definition) is 3. The number of carbonyl (C=O) groups excluding carboxylic acids is 1. The monoisotopic (exact) mass is 498 g/mol. The molecule has 0 saturated carbocycles. The van der Waals surface area contributed by atoms with E-state index in [0.29, 0.717) is 27.9 Å². The third-order valence-electron chi connectivity index (χ3n) is 5.91. The first kappa shape index (κ1) is 23.3. The molecule has 8 nitrogen and oxygen atoms in total. The zero-order chi connectivity index (χ0) is 25.2. The molecule has 0 radical (unpaired) electrons. The molecule has 2 aromatic carbocycles. The summed E-state index contributed by atoms with van der Waals surface area (Å²) < 4.78 is 6.28. The molecule has 2 aromatic heterocycles. The third kappa shape index (κ3) is 4.44. The minimum atomic E-state index is -1.03. The molecule has 0 aliphatic carbocycles. The fraction of sp³-hybridized carbons (Fsp3) is 0.111. The number of aromatic carboxylic acids is 1. The summed E-state index contributed by atoms with van der Waals surface area (Å²) in [5.74, 6) is -0.140. The topological polar surface area (TPSA) is 108 Å². The van der Waals surface area contributed by atoms with E-state index in [0.717, 1.165) is 11.4 Å². The lowest BCUT2D eigenvalue weighted by molar-refractivity contribution is -0.114. The summed E-state index contributed by atoms with van der Waals surface area (Å²) in [6.07, 6.45) is 1.72. The number of amides is 1. The van der Waals surface area contributed by atoms with Crippen LogP contribution in [0.4, 0.5) is 11.4 Å². The fourth-order valence-corrected chi connectivity index (χ4v) is 4.72. The maximum atomic E-state index is 11.8. The number of carboxylic acid groups (broad SMARTS) is 1. The lowest BCUT2D eigenvalue weighted by Crippen LogP contribution is -2.29. The van der Waals surface area contributed by atoms with Crippen molar-refractivity contribution in [1.82, 2.24) is 10.3 Å². The molecule has 4 aromatic rings. The molecule has 180 valence electrons. The summed E-state index contributed by atoms with van der Waals surface area (Å²) in [4.78, 5) is 29.7. The van der Waals surface area contributed by atoms with Gasteiger partial charge in [-0.1, -0.05) is 24.3 Å². The number of pyridine rings is 1. The summed E-state index contributed by atoms with van der Waals surface area (Å²) in [7, 11) is 0. The molecular weight excluding hydrogens is 476 g/mol. The van der Waals surface area contributed by atoms with E-state index in [1.54, 1.807) is 48.7 Å². The van der Waals surface area contributed by atoms with Gasteiger partial charge in [-0.05, 0) is 66.8 Å². The molecule has 2 atom stereocenters. The van der Waals surface area contributed by atoms with Gasteiger partial charge in [0.25, 0.3) is 0 Å². The smallest absolute Gasteiger partial charge is 0.336 e. The predicted octanol–water partition coefficient (Wildman–Crippen LogP) is 5.18. The van der Waals surface area contributed by atoms with Crippen molar-refractivity contribution in [3.05, 3.63) is 102 Å². The van der Waals surface area contributed by atoms with Crippen molar-refractivity contribution in [3.8, 4) is 11.3 Å². The number of carbonyl (C=O) groups is 2. The standard InChI is InChI=1S/C27H22N4O4S/c1-16(32)29-17-9-11-18(12-10-17)31-25(24(30-27(31)36)21-8-4-5-15-28-21)23-14-13-22(35-23)19-6-2-3-7-20(19)26(33)34/h2-15,24-25H,1H3,(H,29,32)(H,30,36)(H,33,34)/t24-,25-/m0/s1. The number of benzene rings is 2. The van der Waals surface area contributed by atoms with Crippen molar-refractivity contribution in [1.29, 1.82) is 0 Å². The Morgan fingerprint density at radius 2 is 1.78 bits per heavy atom. The maximum absolute atomic E-state index is 11.8. The Bertz CT molecular complexity index is 1440. The summed E-state index contributed by atoms with van der Waals surface area (Å²) in [5, 5.41) is 16.2. The zero-order valence-electron chi connectivity index (χ0n) is 19.2. The van der Waals surface area contributed by atoms with Gasteiger partial charge in [0.1, 0.15) is 17.6 Å². The molecule has 1 fully saturated rings. The van der Waals surface area contributed by atoms with E-state index < -0.39 is 12.0 Å². The predicted molar refractivity (Wildman–Crippen MR) is 140 cm³/mol. The van der Waals surface area contributed by atoms with Gasteiger partial charge in [-0.2, -0.15) is 0 Å². The summed E-state index contributed by atoms with van der Waals surface area (Å²) >= 11 is 5.73. The molecule has 36 heavy (non-hydrogen) atoms. The van der Waals surface area contributed by atoms with Gasteiger partial charge in [0.05, 0.1) is 17.3 Å². The Labute approximate surface area is 212 Å². The van der Waals surface area contributed by atoms with Gasteiger partial charge in [0.2, 0.25) is 5.91 Å². The molecule has 1 aliphatic heterocycles. The van der Waals surface area contributed by atoms with Crippen molar-refractivity contribution >= 4 is 40.6 Å². The highest BCUT2D eigenvalue weighted by molar-refractivity contribution is 7.80. The average Bonchev–Trinajstić information content (AvgIpc) is 3.49. The second kappa shape index (κ2) is 9.63. The number of nitrogens with one attached hydrogen (secondary N) is 2. The maximum Gasteiger partial charge on any atom is 0.336 e. The van der Waals surface area contributed by atoms with Crippen molar-refractivity contribution < 1.29 is 19.1 Å². The van der Waals surface area contributed by atoms with Gasteiger partial charge in [-0.15, -0.1) is 0 Å². The SMILES string of the molecule is CC(=O)Nc1ccc(N2C(=S)N[C@@H](c3ccccn3)[C@@H]2c2ccc(-c3ccccc3C(=O)O)o2)cc1. The average molecular weight is 499 g/mol. The second-order valence-electron chi connectivity index (χ2n) is 8.28. The van der Waals surface area contributed by atoms with Crippen molar-refractivity contribution in [3.63, 3.8) is 0 Å². The van der Waals surface area contributed by atoms with E-state index in [9.17, 15) is 14.7 Å². The van der Waals surface area contributed by atoms with Gasteiger partial charge in [0, 0.05) is 30.1 Å². The third-order valence-corrected chi connectivity index (χ3v) is 6.22. The van der Waals surface area contributed by atoms with Crippen LogP contribution in [0.5, 0.6) is 0 Å². The molecule has 1 amide bonds. The van der Waals surface area contributed by atoms with Crippen LogP contribution in [0.3, 0.4) is 0 Å². The number of carboxylic acids is 1. The minimum Gasteiger partial charge on any atom is -0.478 e. The lowest BCUT2D eigenvalue weighted by atomic mass is 10.0. The van der Waals surface area contributed by atoms with Gasteiger partial charge >= 0.3 is 5.97 Å². The van der Waals surface area contributed by atoms with Crippen molar-refractivity contribution in [2.75, 3.05) is 10.2 Å². The van der Waals surface area contributed by atoms with Crippen LogP contribution in [0.2, 0.25) is 0 Å². The Morgan fingerprint density at radius 3 is 2.47 bits per heavy atom. The molecule has 0 unspecified atom stereocenters. The molecule has 3 heterocycles. The van der Waals surface area contributed by atoms with Crippen molar-refractivity contribution in [2.45, 2.75) is 19.0 Å². The van der Waals surface area contributed by atoms with Crippen LogP contribution in [-0.4, -0.2) is 27.1 Å². The first-order valence-electron chi connectivity index (χ1n) is 11.2. The van der Waals surface area contributed by atoms with Crippen molar-refractivity contribution in [2.24, 2.45) is 0 Å². The summed E-state index contributed by atoms with van der Waals surface area (Å²) in [6, 6.07) is 22.6. The van der Waals surface area contributed by atoms with E-state index >= 15 is 0 Å². The van der Waals surface area contributed by atoms with E-state index in [4.69, 9.17) is 16.6 Å². The number of nitrogens with zero attached hydrogens (tertiary/aromatic N) is 2. The van der Waals surface area contributed by atoms with Crippen LogP contribution >= 0.6 is 12.2 Å². The van der Waals surface area contributed by atoms with Crippen LogP contribution in [0.25, 0.3) is 11.3 Å². The number of anilines is 2. The number of thiocarbonyl (C=S) groups is 1. The zero-order valence-corrected chi connectivity index (χ0v) is 20.0. The molecular formula is C27H22N4O4S. The lowest BCUT2D eigenvalue weighted by Gasteiger charge is -2.26. The Morgan fingerprint density at radius 1 is 1.03 bits per heavy atom. The molecule has 5 rings (SSSR count). The van der Waals surface area contributed by atoms with Gasteiger partial charge in [-0.25, -0.2) is 4.79 Å². The highest BCUT2D eigenvalue weighted by Crippen LogP contribution is 2.43. The minimum absolute atomic E-state index is 0.154. The Kier molecular flexibility index (Phi) is 6.22. The quantitative estimate of drug-likeness (QED) is 0.312. The Hall–Kier alpha value is -4.50. The number of hydrogen-bond acceptors (Lipinski definition) is 5. The first-order chi connectivity index (χ1) is 17.4. The van der Waals surface area contributed by atoms with Crippen LogP contribution < -0.4 is 15.5 Å². The van der Waals surface area contributed by atoms with Crippen LogP contribution in [0.15, 0.2) is 89.5 Å². The largest absolute Gasteiger partial charge is 0.478 e. The normalized spacial score (nSPS) is 17.0. The summed E-state index contributed by atoms with van der Waals surface area (Å²) in [6.45, 7) is 1.46. The molecule has 1 saturated heterocycles. The Balaban J connectivity index is 1.58. The van der Waals surface area contributed by atoms with E-state index in [-0.39, 0.29) is 17.5 Å². The van der Waals surface area contributed by atoms with Gasteiger partial charge in [0.15, 0.2) is 5.11 Å². The molecule has 9 heteroatoms. The first-order valence-corrected chi connectivity index (χ1v) is 11.6. The van der Waals surface area contributed by atoms with E-state index in [2.05, 4.69) is 15.6 Å². The van der Waals surface area contributed by atoms with Crippen LogP contribution in [0.1, 0.15) is 40.8 Å². The number of aromatic nitrogens is 1. The van der Waals surface area contributed by atoms with E-state index in [1.807, 2.05) is 41.3 Å². The number of rotatable bonds is 6. The molecule has 0 spiro atoms. The van der Waals surface area contributed by atoms with Gasteiger partial charge in [-0.3, -0.25) is 9.78 Å². The van der Waals surface area contributed by atoms with Crippen LogP contribution in [0, 0.1) is 0 Å². The fourth-order valence-electron chi connectivity index (χ4n) is 4.37. The molecule has 3 N–H and O–H groups in total. The molecule has 1 aliphatic rings. The number of furan rings is 1.